The van der Waals surface area contributed by atoms with Crippen LogP contribution in [0, 0.1) is 20.8 Å². The number of carbonyl (C=O) groups excluding carboxylic acids is 2. The Hall–Kier alpha value is -2.89. The average Bonchev–Trinajstić information content (AvgIpc) is 2.88. The number of aryl methyl sites for hydroxylation is 3. The van der Waals surface area contributed by atoms with Gasteiger partial charge in [-0.3, -0.25) is 9.59 Å². The van der Waals surface area contributed by atoms with E-state index in [1.807, 2.05) is 32.0 Å². The molecule has 1 aromatic carbocycles. The van der Waals surface area contributed by atoms with Gasteiger partial charge < -0.3 is 9.73 Å². The van der Waals surface area contributed by atoms with Crippen molar-refractivity contribution in [2.75, 3.05) is 5.32 Å². The van der Waals surface area contributed by atoms with Crippen LogP contribution in [0.3, 0.4) is 0 Å². The zero-order chi connectivity index (χ0) is 16.1. The van der Waals surface area contributed by atoms with Crippen LogP contribution in [-0.2, 0) is 9.59 Å². The molecule has 0 bridgehead atoms. The molecule has 114 valence electrons. The van der Waals surface area contributed by atoms with Gasteiger partial charge in [-0.15, -0.1) is 0 Å². The van der Waals surface area contributed by atoms with Crippen molar-refractivity contribution in [1.82, 2.24) is 5.43 Å². The largest absolute Gasteiger partial charge is 0.460 e. The molecule has 1 aromatic heterocycles. The van der Waals surface area contributed by atoms with E-state index in [4.69, 9.17) is 4.42 Å². The second kappa shape index (κ2) is 6.71. The van der Waals surface area contributed by atoms with Gasteiger partial charge in [0.25, 0.3) is 0 Å². The van der Waals surface area contributed by atoms with Crippen molar-refractivity contribution >= 4 is 23.7 Å². The second-order valence-corrected chi connectivity index (χ2v) is 4.87. The molecular formula is C16H17N3O3. The van der Waals surface area contributed by atoms with Crippen molar-refractivity contribution in [2.45, 2.75) is 20.8 Å². The number of para-hydroxylation sites is 1. The molecule has 6 nitrogen and oxygen atoms in total. The number of hydrogen-bond acceptors (Lipinski definition) is 4. The Bertz CT molecular complexity index is 712. The normalized spacial score (nSPS) is 10.7. The van der Waals surface area contributed by atoms with Crippen LogP contribution >= 0.6 is 0 Å². The molecule has 0 radical (unpaired) electrons. The van der Waals surface area contributed by atoms with Crippen LogP contribution in [0.2, 0.25) is 0 Å². The lowest BCUT2D eigenvalue weighted by molar-refractivity contribution is -0.136. The Morgan fingerprint density at radius 3 is 2.32 bits per heavy atom. The number of furan rings is 1. The first-order valence-corrected chi connectivity index (χ1v) is 6.74. The predicted molar refractivity (Wildman–Crippen MR) is 83.7 cm³/mol. The van der Waals surface area contributed by atoms with E-state index in [9.17, 15) is 9.59 Å². The summed E-state index contributed by atoms with van der Waals surface area (Å²) in [5.41, 5.74) is 4.56. The van der Waals surface area contributed by atoms with E-state index < -0.39 is 11.8 Å². The van der Waals surface area contributed by atoms with Gasteiger partial charge in [0.1, 0.15) is 11.5 Å². The van der Waals surface area contributed by atoms with Gasteiger partial charge in [-0.25, -0.2) is 5.43 Å². The number of hydrazone groups is 1. The third-order valence-electron chi connectivity index (χ3n) is 3.04. The first-order chi connectivity index (χ1) is 10.5. The number of amides is 2. The standard InChI is InChI=1S/C16H17N3O3/c1-10-5-4-6-11(2)14(10)18-15(20)16(21)19-17-9-13-8-7-12(3)22-13/h4-9H,1-3H3,(H,18,20)(H,19,21)/b17-9+. The van der Waals surface area contributed by atoms with Gasteiger partial charge in [0, 0.05) is 5.69 Å². The summed E-state index contributed by atoms with van der Waals surface area (Å²) in [6.07, 6.45) is 1.33. The third-order valence-corrected chi connectivity index (χ3v) is 3.04. The average molecular weight is 299 g/mol. The van der Waals surface area contributed by atoms with E-state index in [0.29, 0.717) is 11.4 Å². The second-order valence-electron chi connectivity index (χ2n) is 4.87. The molecular weight excluding hydrogens is 282 g/mol. The molecule has 2 N–H and O–H groups in total. The molecule has 0 saturated heterocycles. The molecule has 0 unspecified atom stereocenters. The highest BCUT2D eigenvalue weighted by Gasteiger charge is 2.15. The lowest BCUT2D eigenvalue weighted by Crippen LogP contribution is -2.32. The Balaban J connectivity index is 1.95. The van der Waals surface area contributed by atoms with Gasteiger partial charge in [-0.2, -0.15) is 5.10 Å². The first kappa shape index (κ1) is 15.5. The van der Waals surface area contributed by atoms with E-state index in [2.05, 4.69) is 15.8 Å². The van der Waals surface area contributed by atoms with Crippen molar-refractivity contribution in [3.05, 3.63) is 53.0 Å². The molecule has 2 aromatic rings. The smallest absolute Gasteiger partial charge is 0.329 e. The summed E-state index contributed by atoms with van der Waals surface area (Å²) in [6, 6.07) is 9.09. The number of carbonyl (C=O) groups is 2. The fraction of sp³-hybridized carbons (Fsp3) is 0.188. The summed E-state index contributed by atoms with van der Waals surface area (Å²) in [4.78, 5) is 23.5. The molecule has 0 saturated carbocycles. The van der Waals surface area contributed by atoms with Gasteiger partial charge in [0.05, 0.1) is 6.21 Å². The van der Waals surface area contributed by atoms with Gasteiger partial charge in [-0.1, -0.05) is 18.2 Å². The van der Waals surface area contributed by atoms with Crippen LogP contribution in [0.4, 0.5) is 5.69 Å². The SMILES string of the molecule is Cc1ccc(/C=N/NC(=O)C(=O)Nc2c(C)cccc2C)o1. The Morgan fingerprint density at radius 2 is 1.73 bits per heavy atom. The summed E-state index contributed by atoms with van der Waals surface area (Å²) >= 11 is 0. The molecule has 0 aliphatic heterocycles. The maximum absolute atomic E-state index is 11.8. The summed E-state index contributed by atoms with van der Waals surface area (Å²) in [6.45, 7) is 5.52. The van der Waals surface area contributed by atoms with E-state index in [1.54, 1.807) is 19.1 Å². The number of nitrogens with zero attached hydrogens (tertiary/aromatic N) is 1. The lowest BCUT2D eigenvalue weighted by atomic mass is 10.1. The van der Waals surface area contributed by atoms with E-state index in [1.165, 1.54) is 6.21 Å². The quantitative estimate of drug-likeness (QED) is 0.518. The van der Waals surface area contributed by atoms with E-state index in [0.717, 1.165) is 16.9 Å². The van der Waals surface area contributed by atoms with Gasteiger partial charge in [0.15, 0.2) is 0 Å². The summed E-state index contributed by atoms with van der Waals surface area (Å²) in [5.74, 6) is -0.388. The molecule has 0 spiro atoms. The van der Waals surface area contributed by atoms with Crippen molar-refractivity contribution in [1.29, 1.82) is 0 Å². The molecule has 0 aliphatic carbocycles. The Kier molecular flexibility index (Phi) is 4.73. The van der Waals surface area contributed by atoms with Crippen LogP contribution in [0.15, 0.2) is 39.9 Å². The molecule has 0 atom stereocenters. The molecule has 6 heteroatoms. The highest BCUT2D eigenvalue weighted by Crippen LogP contribution is 2.19. The highest BCUT2D eigenvalue weighted by atomic mass is 16.3. The number of nitrogens with one attached hydrogen (secondary N) is 2. The third kappa shape index (κ3) is 3.82. The molecule has 1 heterocycles. The van der Waals surface area contributed by atoms with Crippen LogP contribution in [0.25, 0.3) is 0 Å². The zero-order valence-electron chi connectivity index (χ0n) is 12.6. The predicted octanol–water partition coefficient (Wildman–Crippen LogP) is 2.29. The minimum Gasteiger partial charge on any atom is -0.460 e. The number of benzene rings is 1. The maximum atomic E-state index is 11.8. The summed E-state index contributed by atoms with van der Waals surface area (Å²) in [7, 11) is 0. The highest BCUT2D eigenvalue weighted by molar-refractivity contribution is 6.39. The fourth-order valence-corrected chi connectivity index (χ4v) is 1.91. The molecule has 2 rings (SSSR count). The topological polar surface area (TPSA) is 83.7 Å². The lowest BCUT2D eigenvalue weighted by Gasteiger charge is -2.10. The Labute approximate surface area is 128 Å². The van der Waals surface area contributed by atoms with Gasteiger partial charge >= 0.3 is 11.8 Å². The fourth-order valence-electron chi connectivity index (χ4n) is 1.91. The van der Waals surface area contributed by atoms with Crippen molar-refractivity contribution in [3.8, 4) is 0 Å². The van der Waals surface area contributed by atoms with Crippen LogP contribution in [0.5, 0.6) is 0 Å². The van der Waals surface area contributed by atoms with Crippen molar-refractivity contribution in [3.63, 3.8) is 0 Å². The molecule has 22 heavy (non-hydrogen) atoms. The van der Waals surface area contributed by atoms with Crippen LogP contribution in [-0.4, -0.2) is 18.0 Å². The minimum absolute atomic E-state index is 0.493. The maximum Gasteiger partial charge on any atom is 0.329 e. The zero-order valence-corrected chi connectivity index (χ0v) is 12.6. The number of anilines is 1. The van der Waals surface area contributed by atoms with Crippen molar-refractivity contribution in [2.24, 2.45) is 5.10 Å². The first-order valence-electron chi connectivity index (χ1n) is 6.74. The molecule has 2 amide bonds. The summed E-state index contributed by atoms with van der Waals surface area (Å²) < 4.78 is 5.25. The van der Waals surface area contributed by atoms with E-state index >= 15 is 0 Å². The monoisotopic (exact) mass is 299 g/mol. The van der Waals surface area contributed by atoms with E-state index in [-0.39, 0.29) is 0 Å². The Morgan fingerprint density at radius 1 is 1.05 bits per heavy atom. The van der Waals surface area contributed by atoms with Crippen molar-refractivity contribution < 1.29 is 14.0 Å². The number of hydrogen-bond donors (Lipinski definition) is 2. The molecule has 0 fully saturated rings. The number of rotatable bonds is 3. The van der Waals surface area contributed by atoms with Gasteiger partial charge in [0.2, 0.25) is 0 Å². The van der Waals surface area contributed by atoms with Crippen LogP contribution in [0.1, 0.15) is 22.6 Å². The summed E-state index contributed by atoms with van der Waals surface area (Å²) in [5, 5.41) is 6.27. The van der Waals surface area contributed by atoms with Gasteiger partial charge in [-0.05, 0) is 44.0 Å². The minimum atomic E-state index is -0.845. The molecule has 0 aliphatic rings. The van der Waals surface area contributed by atoms with Crippen LogP contribution < -0.4 is 10.7 Å².